The molecule has 6 aliphatic heterocycles. The molecule has 0 radical (unpaired) electrons. The first-order valence-corrected chi connectivity index (χ1v) is 33.3. The number of benzene rings is 4. The summed E-state index contributed by atoms with van der Waals surface area (Å²) in [6, 6.07) is 13.3. The fraction of sp³-hybridized carbons (Fsp3) is 0.397. The molecule has 28 nitrogen and oxygen atoms in total. The second-order valence-electron chi connectivity index (χ2n) is 22.9. The molecule has 2 unspecified atom stereocenters. The van der Waals surface area contributed by atoms with Gasteiger partial charge in [-0.05, 0) is 98.0 Å². The summed E-state index contributed by atoms with van der Waals surface area (Å²) in [6.07, 6.45) is 3.42. The monoisotopic (exact) mass is 1280 g/mol. The standard InChI is InChI=1S/C58H61N8O20P3/c1-30(2)51(81-28-35-27-65(54-47(35)56(69)62-58(59)61-54)46-26-44(67)45(83-46)29-82-88(77,78)86-89(79,80)85-87(74,75)76)37-15-13-31(22-43(37)66(72)73)8-3-17-60-55(68)34-14-16-36(57(70)71)40(25-34)48-41-23-32-9-4-18-63-20-6-11-38(49(32)63)52(41)84-53-39-12-7-21-64-19-5-10-33(50(39)64)24-42(48)53/h13-16,22-25,27,30,44-46,51,67H,4-7,9-12,17-21,26,28-29H2,1-2H3,(H8-,59,60,61,62,68,69,70,71,74,75,76,77,78,79,80)/p+1/t44-,45-,46-,51-/m1/s1. The number of nitrogens with two attached hydrogens (primary N) is 1. The van der Waals surface area contributed by atoms with Crippen LogP contribution in [0.15, 0.2) is 59.5 Å². The fourth-order valence-electron chi connectivity index (χ4n) is 13.2. The summed E-state index contributed by atoms with van der Waals surface area (Å²) in [7, 11) is -17.1. The van der Waals surface area contributed by atoms with E-state index in [-0.39, 0.29) is 70.1 Å². The lowest BCUT2D eigenvalue weighted by molar-refractivity contribution is -0.386. The lowest BCUT2D eigenvalue weighted by atomic mass is 9.81. The van der Waals surface area contributed by atoms with E-state index in [1.165, 1.54) is 57.2 Å². The number of rotatable bonds is 18. The minimum absolute atomic E-state index is 0.0336. The number of amides is 1. The summed E-state index contributed by atoms with van der Waals surface area (Å²) in [5.41, 5.74) is 13.5. The van der Waals surface area contributed by atoms with Crippen LogP contribution < -0.4 is 41.4 Å². The number of carboxylic acid groups (broad SMARTS) is 1. The molecular weight excluding hydrogens is 1220 g/mol. The number of phosphoric ester groups is 1. The minimum Gasteiger partial charge on any atom is -0.478 e. The minimum atomic E-state index is -5.84. The van der Waals surface area contributed by atoms with Crippen molar-refractivity contribution < 1.29 is 85.3 Å². The van der Waals surface area contributed by atoms with Crippen molar-refractivity contribution in [3.63, 3.8) is 0 Å². The number of nitrogens with zero attached hydrogens (tertiary/aromatic N) is 5. The van der Waals surface area contributed by atoms with Crippen LogP contribution in [0.25, 0.3) is 16.6 Å². The van der Waals surface area contributed by atoms with Crippen LogP contribution in [0.2, 0.25) is 0 Å². The molecule has 8 heterocycles. The van der Waals surface area contributed by atoms with E-state index in [0.717, 1.165) is 111 Å². The van der Waals surface area contributed by atoms with Crippen molar-refractivity contribution in [2.75, 3.05) is 50.0 Å². The summed E-state index contributed by atoms with van der Waals surface area (Å²) in [6.45, 7) is 5.87. The highest BCUT2D eigenvalue weighted by molar-refractivity contribution is 7.66. The van der Waals surface area contributed by atoms with Crippen LogP contribution in [0.4, 0.5) is 17.3 Å². The van der Waals surface area contributed by atoms with E-state index in [0.29, 0.717) is 11.1 Å². The van der Waals surface area contributed by atoms with Gasteiger partial charge in [0, 0.05) is 94.5 Å². The number of aryl methyl sites for hydroxylation is 2. The number of nitro benzene ring substituents is 1. The fourth-order valence-corrected chi connectivity index (χ4v) is 16.2. The van der Waals surface area contributed by atoms with Gasteiger partial charge in [0.05, 0.1) is 59.0 Å². The lowest BCUT2D eigenvalue weighted by Gasteiger charge is -2.39. The van der Waals surface area contributed by atoms with Crippen LogP contribution in [0.5, 0.6) is 11.5 Å². The van der Waals surface area contributed by atoms with E-state index >= 15 is 0 Å². The van der Waals surface area contributed by atoms with Gasteiger partial charge in [-0.1, -0.05) is 25.7 Å². The largest absolute Gasteiger partial charge is 0.490 e. The number of H-pyrrole nitrogens is 1. The second-order valence-corrected chi connectivity index (χ2v) is 27.4. The van der Waals surface area contributed by atoms with Crippen LogP contribution in [-0.2, 0) is 68.6 Å². The van der Waals surface area contributed by atoms with Crippen LogP contribution in [-0.4, -0.2) is 113 Å². The maximum Gasteiger partial charge on any atom is 0.490 e. The molecule has 6 aliphatic rings. The average Bonchev–Trinajstić information content (AvgIpc) is 1.32. The molecule has 6 atom stereocenters. The number of aromatic carboxylic acids is 1. The van der Waals surface area contributed by atoms with Gasteiger partial charge < -0.3 is 64.5 Å². The normalized spacial score (nSPS) is 20.0. The first-order valence-electron chi connectivity index (χ1n) is 28.8. The Hall–Kier alpha value is -7.44. The highest BCUT2D eigenvalue weighted by atomic mass is 31.3. The SMILES string of the molecule is CC(C)[C@@H](OCc1cn([C@H]2C[C@@H](O)[C@@H](COP(=O)(O)OP(=O)(O)OP(=O)(O)O)O2)c2nc(N)[nH]c(=O)c12)c1ccc(C#CCNC(=O)c2ccc(C(=O)O)c(C3=c4cc5c6c(c4Oc4c3cc3c7c4CCCN7CCC3)CCC[N+]=6CCC5)c2)cc1[N+](=O)[O-]. The number of aliphatic hydroxyl groups is 1. The summed E-state index contributed by atoms with van der Waals surface area (Å²) in [5.74, 6) is 4.90. The van der Waals surface area contributed by atoms with Crippen LogP contribution in [0.1, 0.15) is 129 Å². The van der Waals surface area contributed by atoms with Crippen LogP contribution in [0.3, 0.4) is 0 Å². The predicted octanol–water partition coefficient (Wildman–Crippen LogP) is 5.04. The number of hydrogen-bond acceptors (Lipinski definition) is 18. The third-order valence-corrected chi connectivity index (χ3v) is 20.5. The van der Waals surface area contributed by atoms with Gasteiger partial charge in [0.25, 0.3) is 17.2 Å². The van der Waals surface area contributed by atoms with Crippen molar-refractivity contribution in [2.45, 2.75) is 103 Å². The third kappa shape index (κ3) is 12.4. The Kier molecular flexibility index (Phi) is 16.7. The maximum absolute atomic E-state index is 14.2. The summed E-state index contributed by atoms with van der Waals surface area (Å²) in [4.78, 5) is 99.4. The number of aromatic amines is 1. The van der Waals surface area contributed by atoms with E-state index in [2.05, 4.69) is 61.9 Å². The molecule has 1 fully saturated rings. The molecule has 4 aromatic carbocycles. The van der Waals surface area contributed by atoms with E-state index in [1.54, 1.807) is 26.0 Å². The highest BCUT2D eigenvalue weighted by Gasteiger charge is 2.44. The van der Waals surface area contributed by atoms with Crippen molar-refractivity contribution in [2.24, 2.45) is 5.92 Å². The Morgan fingerprint density at radius 1 is 0.944 bits per heavy atom. The number of ether oxygens (including phenoxy) is 3. The number of nitro groups is 1. The van der Waals surface area contributed by atoms with Gasteiger partial charge in [-0.3, -0.25) is 29.2 Å². The van der Waals surface area contributed by atoms with Gasteiger partial charge in [0.15, 0.2) is 5.65 Å². The zero-order valence-electron chi connectivity index (χ0n) is 48.0. The molecule has 1 saturated heterocycles. The number of carboxylic acids is 1. The maximum atomic E-state index is 14.2. The smallest absolute Gasteiger partial charge is 0.478 e. The number of carbonyl (C=O) groups excluding carboxylic acids is 1. The number of nitrogen functional groups attached to an aromatic ring is 1. The van der Waals surface area contributed by atoms with Crippen LogP contribution >= 0.6 is 23.5 Å². The Morgan fingerprint density at radius 3 is 2.43 bits per heavy atom. The van der Waals surface area contributed by atoms with Crippen molar-refractivity contribution in [3.05, 3.63) is 147 Å². The van der Waals surface area contributed by atoms with Gasteiger partial charge in [-0.25, -0.2) is 23.1 Å². The zero-order chi connectivity index (χ0) is 63.0. The predicted molar refractivity (Wildman–Crippen MR) is 317 cm³/mol. The van der Waals surface area contributed by atoms with Crippen molar-refractivity contribution in [1.29, 1.82) is 0 Å². The molecule has 2 aromatic heterocycles. The Balaban J connectivity index is 0.779. The average molecular weight is 1280 g/mol. The van der Waals surface area contributed by atoms with Gasteiger partial charge >= 0.3 is 29.4 Å². The summed E-state index contributed by atoms with van der Waals surface area (Å²) in [5, 5.41) is 39.3. The number of nitrogens with one attached hydrogen (secondary N) is 2. The quantitative estimate of drug-likeness (QED) is 0.0179. The number of phosphoric acid groups is 3. The molecular formula is C58H62N8O20P3+. The highest BCUT2D eigenvalue weighted by Crippen LogP contribution is 2.66. The van der Waals surface area contributed by atoms with Crippen molar-refractivity contribution in [1.82, 2.24) is 24.4 Å². The Bertz CT molecular complexity index is 4390. The first kappa shape index (κ1) is 61.8. The van der Waals surface area contributed by atoms with Crippen LogP contribution in [0, 0.1) is 27.9 Å². The molecule has 0 saturated carbocycles. The number of aliphatic hydroxyl groups excluding tert-OH is 1. The Labute approximate surface area is 506 Å². The topological polar surface area (TPSA) is 400 Å². The number of carbonyl (C=O) groups is 2. The molecule has 0 bridgehead atoms. The lowest BCUT2D eigenvalue weighted by Crippen LogP contribution is -2.45. The van der Waals surface area contributed by atoms with Crippen molar-refractivity contribution >= 4 is 69.3 Å². The zero-order valence-corrected chi connectivity index (χ0v) is 50.6. The number of hydrogen-bond donors (Lipinski definition) is 9. The van der Waals surface area contributed by atoms with Gasteiger partial charge in [0.1, 0.15) is 36.9 Å². The molecule has 89 heavy (non-hydrogen) atoms. The second kappa shape index (κ2) is 24.1. The molecule has 468 valence electrons. The molecule has 0 spiro atoms. The first-order chi connectivity index (χ1) is 42.3. The molecule has 6 aromatic rings. The number of aromatic nitrogens is 3. The molecule has 0 aliphatic carbocycles. The van der Waals surface area contributed by atoms with Gasteiger partial charge in [-0.2, -0.15) is 13.6 Å². The van der Waals surface area contributed by atoms with Gasteiger partial charge in [0.2, 0.25) is 11.3 Å². The molecule has 31 heteroatoms. The number of fused-ring (bicyclic) bond motifs is 5. The number of anilines is 2. The molecule has 12 rings (SSSR count). The van der Waals surface area contributed by atoms with E-state index in [9.17, 15) is 58.2 Å². The van der Waals surface area contributed by atoms with E-state index < -0.39 is 82.9 Å². The summed E-state index contributed by atoms with van der Waals surface area (Å²) < 4.78 is 70.6. The molecule has 10 N–H and O–H groups in total. The summed E-state index contributed by atoms with van der Waals surface area (Å²) >= 11 is 0. The van der Waals surface area contributed by atoms with E-state index in [1.807, 2.05) is 0 Å². The van der Waals surface area contributed by atoms with E-state index in [4.69, 9.17) is 29.7 Å². The van der Waals surface area contributed by atoms with Crippen molar-refractivity contribution in [3.8, 4) is 23.3 Å². The Morgan fingerprint density at radius 2 is 1.69 bits per heavy atom. The van der Waals surface area contributed by atoms with Gasteiger partial charge in [-0.15, -0.1) is 0 Å². The molecule has 1 amide bonds. The third-order valence-electron chi connectivity index (χ3n) is 16.7.